The highest BCUT2D eigenvalue weighted by atomic mass is 127. The van der Waals surface area contributed by atoms with E-state index in [0.29, 0.717) is 33.4 Å². The zero-order chi connectivity index (χ0) is 19.0. The van der Waals surface area contributed by atoms with Crippen LogP contribution in [0, 0.1) is 5.41 Å². The summed E-state index contributed by atoms with van der Waals surface area (Å²) < 4.78 is 5.97. The first-order chi connectivity index (χ1) is 11.9. The van der Waals surface area contributed by atoms with Gasteiger partial charge in [0.2, 0.25) is 0 Å². The fourth-order valence-corrected chi connectivity index (χ4v) is 4.00. The van der Waals surface area contributed by atoms with Crippen LogP contribution in [0.2, 0.25) is 10.0 Å². The van der Waals surface area contributed by atoms with E-state index in [-0.39, 0.29) is 6.10 Å². The molecule has 0 spiro atoms. The van der Waals surface area contributed by atoms with Crippen molar-refractivity contribution in [2.75, 3.05) is 5.09 Å². The van der Waals surface area contributed by atoms with Gasteiger partial charge in [-0.3, -0.25) is 4.98 Å². The number of benzene rings is 1. The maximum atomic E-state index is 7.92. The molecule has 136 valence electrons. The molecule has 2 aromatic rings. The van der Waals surface area contributed by atoms with Crippen LogP contribution in [0.25, 0.3) is 0 Å². The lowest BCUT2D eigenvalue weighted by Gasteiger charge is -2.19. The van der Waals surface area contributed by atoms with E-state index in [1.54, 1.807) is 19.3 Å². The summed E-state index contributed by atoms with van der Waals surface area (Å²) in [5, 5.41) is 12.1. The smallest absolute Gasteiger partial charge is 0.124 e. The number of anilines is 1. The van der Waals surface area contributed by atoms with Crippen LogP contribution in [0.1, 0.15) is 44.9 Å². The van der Waals surface area contributed by atoms with Crippen molar-refractivity contribution in [3.63, 3.8) is 0 Å². The summed E-state index contributed by atoms with van der Waals surface area (Å²) in [4.78, 5) is 3.95. The molecular formula is C17H21Cl2IN3OP. The molecule has 1 aromatic carbocycles. The standard InChI is InChI=1S/C15H15Cl2IN3OP.C2H6/c1-8(19)11-5-10(3-4-14(11)21-23-18)22-9(2)15-12(16)6-20-7-13(15)17;1-2/h3-7,9,19,21,23H,1-2H3;1-2H3. The topological polar surface area (TPSA) is 58.0 Å². The molecule has 2 N–H and O–H groups in total. The van der Waals surface area contributed by atoms with E-state index in [1.165, 1.54) is 0 Å². The Kier molecular flexibility index (Phi) is 10.0. The van der Waals surface area contributed by atoms with E-state index in [2.05, 4.69) is 32.1 Å². The minimum absolute atomic E-state index is 0.331. The summed E-state index contributed by atoms with van der Waals surface area (Å²) in [5.41, 5.74) is 2.91. The summed E-state index contributed by atoms with van der Waals surface area (Å²) in [6.45, 7) is 7.63. The summed E-state index contributed by atoms with van der Waals surface area (Å²) in [5.74, 6) is 0.658. The Labute approximate surface area is 173 Å². The molecule has 0 aliphatic rings. The summed E-state index contributed by atoms with van der Waals surface area (Å²) in [6, 6.07) is 5.63. The molecule has 0 fully saturated rings. The fourth-order valence-electron chi connectivity index (χ4n) is 2.14. The van der Waals surface area contributed by atoms with Crippen molar-refractivity contribution in [2.24, 2.45) is 0 Å². The lowest BCUT2D eigenvalue weighted by atomic mass is 10.1. The molecule has 2 atom stereocenters. The Bertz CT molecular complexity index is 711. The number of pyridine rings is 1. The van der Waals surface area contributed by atoms with Crippen molar-refractivity contribution >= 4 is 63.0 Å². The highest BCUT2D eigenvalue weighted by molar-refractivity contribution is 14.2. The third-order valence-electron chi connectivity index (χ3n) is 3.19. The molecule has 0 aliphatic heterocycles. The molecule has 0 radical (unpaired) electrons. The SMILES string of the molecule is CC.CC(=N)c1cc(OC(C)c2c(Cl)cncc2Cl)ccc1NPI. The average molecular weight is 512 g/mol. The molecule has 4 nitrogen and oxygen atoms in total. The van der Waals surface area contributed by atoms with Crippen LogP contribution >= 0.6 is 51.6 Å². The van der Waals surface area contributed by atoms with Crippen molar-refractivity contribution in [3.05, 3.63) is 51.8 Å². The van der Waals surface area contributed by atoms with Crippen LogP contribution in [-0.4, -0.2) is 10.7 Å². The van der Waals surface area contributed by atoms with Crippen molar-refractivity contribution in [1.29, 1.82) is 5.41 Å². The Morgan fingerprint density at radius 2 is 1.88 bits per heavy atom. The Balaban J connectivity index is 0.00000151. The molecular weight excluding hydrogens is 491 g/mol. The van der Waals surface area contributed by atoms with E-state index in [0.717, 1.165) is 11.3 Å². The summed E-state index contributed by atoms with van der Waals surface area (Å²) in [6.07, 6.45) is 3.29. The lowest BCUT2D eigenvalue weighted by molar-refractivity contribution is 0.227. The van der Waals surface area contributed by atoms with Gasteiger partial charge in [-0.1, -0.05) is 37.0 Å². The monoisotopic (exact) mass is 511 g/mol. The number of hydrogen-bond acceptors (Lipinski definition) is 4. The highest BCUT2D eigenvalue weighted by Crippen LogP contribution is 2.34. The molecule has 1 aromatic heterocycles. The zero-order valence-corrected chi connectivity index (χ0v) is 19.1. The number of nitrogens with zero attached hydrogens (tertiary/aromatic N) is 1. The van der Waals surface area contributed by atoms with E-state index in [9.17, 15) is 0 Å². The molecule has 0 amide bonds. The van der Waals surface area contributed by atoms with Gasteiger partial charge < -0.3 is 15.2 Å². The Morgan fingerprint density at radius 1 is 1.28 bits per heavy atom. The highest BCUT2D eigenvalue weighted by Gasteiger charge is 2.16. The van der Waals surface area contributed by atoms with Crippen LogP contribution < -0.4 is 9.82 Å². The van der Waals surface area contributed by atoms with Gasteiger partial charge in [-0.2, -0.15) is 0 Å². The van der Waals surface area contributed by atoms with Gasteiger partial charge >= 0.3 is 0 Å². The normalized spacial score (nSPS) is 11.6. The molecule has 25 heavy (non-hydrogen) atoms. The van der Waals surface area contributed by atoms with Gasteiger partial charge in [0.05, 0.1) is 10.0 Å². The fraction of sp³-hybridized carbons (Fsp3) is 0.294. The molecule has 2 rings (SSSR count). The molecule has 2 unspecified atom stereocenters. The Morgan fingerprint density at radius 3 is 2.40 bits per heavy atom. The largest absolute Gasteiger partial charge is 0.486 e. The predicted octanol–water partition coefficient (Wildman–Crippen LogP) is 7.30. The first kappa shape index (κ1) is 22.4. The van der Waals surface area contributed by atoms with E-state index < -0.39 is 0 Å². The number of rotatable bonds is 6. The first-order valence-corrected chi connectivity index (χ1v) is 12.6. The van der Waals surface area contributed by atoms with Crippen LogP contribution in [-0.2, 0) is 0 Å². The molecule has 0 saturated carbocycles. The van der Waals surface area contributed by atoms with E-state index >= 15 is 0 Å². The van der Waals surface area contributed by atoms with Gasteiger partial charge in [0.1, 0.15) is 11.9 Å². The second kappa shape index (κ2) is 11.2. The third kappa shape index (κ3) is 6.24. The first-order valence-electron chi connectivity index (χ1n) is 7.70. The predicted molar refractivity (Wildman–Crippen MR) is 120 cm³/mol. The zero-order valence-electron chi connectivity index (χ0n) is 14.5. The third-order valence-corrected chi connectivity index (χ3v) is 4.96. The van der Waals surface area contributed by atoms with Gasteiger partial charge in [-0.25, -0.2) is 0 Å². The number of ether oxygens (including phenoxy) is 1. The number of hydrogen-bond donors (Lipinski definition) is 2. The number of aromatic nitrogens is 1. The molecule has 8 heteroatoms. The van der Waals surface area contributed by atoms with Crippen molar-refractivity contribution in [1.82, 2.24) is 4.98 Å². The second-order valence-corrected chi connectivity index (χ2v) is 7.70. The van der Waals surface area contributed by atoms with Crippen LogP contribution in [0.5, 0.6) is 5.75 Å². The average Bonchev–Trinajstić information content (AvgIpc) is 2.58. The quantitative estimate of drug-likeness (QED) is 0.243. The van der Waals surface area contributed by atoms with Gasteiger partial charge in [0.15, 0.2) is 0 Å². The molecule has 0 aliphatic carbocycles. The van der Waals surface area contributed by atoms with E-state index in [1.807, 2.05) is 39.0 Å². The molecule has 0 saturated heterocycles. The van der Waals surface area contributed by atoms with Crippen molar-refractivity contribution < 1.29 is 4.74 Å². The summed E-state index contributed by atoms with van der Waals surface area (Å²) >= 11 is 14.6. The van der Waals surface area contributed by atoms with Gasteiger partial charge in [-0.05, 0) is 54.1 Å². The maximum Gasteiger partial charge on any atom is 0.124 e. The van der Waals surface area contributed by atoms with Crippen LogP contribution in [0.3, 0.4) is 0 Å². The lowest BCUT2D eigenvalue weighted by Crippen LogP contribution is -2.06. The number of nitrogens with one attached hydrogen (secondary N) is 2. The molecule has 0 bridgehead atoms. The van der Waals surface area contributed by atoms with Gasteiger partial charge in [0.25, 0.3) is 0 Å². The van der Waals surface area contributed by atoms with E-state index in [4.69, 9.17) is 33.3 Å². The minimum atomic E-state index is -0.331. The summed E-state index contributed by atoms with van der Waals surface area (Å²) in [7, 11) is 0. The van der Waals surface area contributed by atoms with Crippen molar-refractivity contribution in [2.45, 2.75) is 33.8 Å². The van der Waals surface area contributed by atoms with Gasteiger partial charge in [-0.15, -0.1) is 0 Å². The Hall–Kier alpha value is -0.620. The minimum Gasteiger partial charge on any atom is -0.486 e. The van der Waals surface area contributed by atoms with Crippen LogP contribution in [0.4, 0.5) is 5.69 Å². The second-order valence-electron chi connectivity index (χ2n) is 4.83. The maximum absolute atomic E-state index is 7.92. The van der Waals surface area contributed by atoms with Crippen molar-refractivity contribution in [3.8, 4) is 5.75 Å². The molecule has 1 heterocycles. The van der Waals surface area contributed by atoms with Crippen LogP contribution in [0.15, 0.2) is 30.6 Å². The van der Waals surface area contributed by atoms with Gasteiger partial charge in [0, 0.05) is 41.3 Å². The number of halogens is 3.